The maximum Gasteiger partial charge on any atom is 0.251 e. The van der Waals surface area contributed by atoms with Crippen molar-refractivity contribution in [3.63, 3.8) is 0 Å². The van der Waals surface area contributed by atoms with Crippen LogP contribution < -0.4 is 16.0 Å². The van der Waals surface area contributed by atoms with E-state index in [2.05, 4.69) is 20.9 Å². The molecule has 162 valence electrons. The van der Waals surface area contributed by atoms with E-state index >= 15 is 0 Å². The third-order valence-electron chi connectivity index (χ3n) is 5.29. The molecule has 5 nitrogen and oxygen atoms in total. The Morgan fingerprint density at radius 2 is 1.87 bits per heavy atom. The second-order valence-corrected chi connectivity index (χ2v) is 7.53. The number of hydrogen-bond acceptors (Lipinski definition) is 2. The highest BCUT2D eigenvalue weighted by atomic mass is 127. The highest BCUT2D eigenvalue weighted by molar-refractivity contribution is 14.0. The van der Waals surface area contributed by atoms with Gasteiger partial charge >= 0.3 is 0 Å². The molecule has 0 radical (unpaired) electrons. The predicted octanol–water partition coefficient (Wildman–Crippen LogP) is 3.98. The summed E-state index contributed by atoms with van der Waals surface area (Å²) in [5.74, 6) is 0.439. The van der Waals surface area contributed by atoms with Gasteiger partial charge in [-0.25, -0.2) is 4.39 Å². The van der Waals surface area contributed by atoms with E-state index in [0.717, 1.165) is 30.4 Å². The smallest absolute Gasteiger partial charge is 0.251 e. The zero-order valence-electron chi connectivity index (χ0n) is 17.5. The van der Waals surface area contributed by atoms with Crippen molar-refractivity contribution < 1.29 is 9.18 Å². The molecular formula is C23H30FIN4O. The molecule has 2 aromatic carbocycles. The molecule has 2 aromatic rings. The molecular weight excluding hydrogens is 494 g/mol. The molecule has 0 heterocycles. The van der Waals surface area contributed by atoms with Crippen molar-refractivity contribution in [1.29, 1.82) is 0 Å². The molecule has 0 bridgehead atoms. The van der Waals surface area contributed by atoms with Gasteiger partial charge in [-0.15, -0.1) is 24.0 Å². The van der Waals surface area contributed by atoms with Crippen molar-refractivity contribution >= 4 is 35.8 Å². The van der Waals surface area contributed by atoms with Crippen LogP contribution in [0.4, 0.5) is 4.39 Å². The number of halogens is 2. The van der Waals surface area contributed by atoms with Gasteiger partial charge in [0.05, 0.1) is 0 Å². The van der Waals surface area contributed by atoms with Gasteiger partial charge in [0, 0.05) is 37.7 Å². The monoisotopic (exact) mass is 524 g/mol. The van der Waals surface area contributed by atoms with E-state index in [-0.39, 0.29) is 41.1 Å². The third-order valence-corrected chi connectivity index (χ3v) is 5.29. The Kier molecular flexibility index (Phi) is 9.08. The molecule has 3 N–H and O–H groups in total. The van der Waals surface area contributed by atoms with Gasteiger partial charge in [-0.1, -0.05) is 31.2 Å². The number of aliphatic imine (C=N–C) groups is 1. The summed E-state index contributed by atoms with van der Waals surface area (Å²) < 4.78 is 13.6. The van der Waals surface area contributed by atoms with Gasteiger partial charge < -0.3 is 16.0 Å². The standard InChI is InChI=1S/C23H29FN4O.HI/c1-3-12-26-21(29)18-7-4-6-17(13-18)15-27-22(25-2)28-16-23(10-11-23)19-8-5-9-20(24)14-19;/h4-9,13-14H,3,10-12,15-16H2,1-2H3,(H,26,29)(H2,25,27,28);1H. The van der Waals surface area contributed by atoms with Crippen LogP contribution in [0.5, 0.6) is 0 Å². The zero-order valence-corrected chi connectivity index (χ0v) is 19.8. The van der Waals surface area contributed by atoms with Crippen LogP contribution in [0.25, 0.3) is 0 Å². The number of guanidine groups is 1. The van der Waals surface area contributed by atoms with Gasteiger partial charge in [0.2, 0.25) is 0 Å². The molecule has 0 atom stereocenters. The summed E-state index contributed by atoms with van der Waals surface area (Å²) in [6, 6.07) is 14.4. The minimum atomic E-state index is -0.195. The van der Waals surface area contributed by atoms with Crippen LogP contribution >= 0.6 is 24.0 Å². The van der Waals surface area contributed by atoms with E-state index in [1.807, 2.05) is 37.3 Å². The molecule has 0 saturated heterocycles. The van der Waals surface area contributed by atoms with Gasteiger partial charge in [-0.05, 0) is 54.7 Å². The lowest BCUT2D eigenvalue weighted by Crippen LogP contribution is -2.41. The van der Waals surface area contributed by atoms with E-state index in [9.17, 15) is 9.18 Å². The van der Waals surface area contributed by atoms with Crippen molar-refractivity contribution in [2.75, 3.05) is 20.1 Å². The first kappa shape index (κ1) is 24.1. The minimum Gasteiger partial charge on any atom is -0.356 e. The SMILES string of the molecule is CCCNC(=O)c1cccc(CNC(=NC)NCC2(c3cccc(F)c3)CC2)c1.I. The fourth-order valence-electron chi connectivity index (χ4n) is 3.36. The van der Waals surface area contributed by atoms with E-state index in [4.69, 9.17) is 0 Å². The van der Waals surface area contributed by atoms with E-state index < -0.39 is 0 Å². The highest BCUT2D eigenvalue weighted by Gasteiger charge is 2.44. The van der Waals surface area contributed by atoms with Crippen LogP contribution in [-0.4, -0.2) is 32.0 Å². The van der Waals surface area contributed by atoms with Crippen LogP contribution in [0.15, 0.2) is 53.5 Å². The van der Waals surface area contributed by atoms with E-state index in [0.29, 0.717) is 31.2 Å². The first-order chi connectivity index (χ1) is 14.1. The van der Waals surface area contributed by atoms with Crippen LogP contribution in [0.2, 0.25) is 0 Å². The highest BCUT2D eigenvalue weighted by Crippen LogP contribution is 2.47. The summed E-state index contributed by atoms with van der Waals surface area (Å²) in [5, 5.41) is 9.55. The second kappa shape index (κ2) is 11.3. The van der Waals surface area contributed by atoms with Gasteiger partial charge in [-0.3, -0.25) is 9.79 Å². The molecule has 0 spiro atoms. The number of rotatable bonds is 8. The maximum absolute atomic E-state index is 13.6. The first-order valence-corrected chi connectivity index (χ1v) is 10.1. The second-order valence-electron chi connectivity index (χ2n) is 7.53. The summed E-state index contributed by atoms with van der Waals surface area (Å²) in [6.45, 7) is 3.96. The number of nitrogens with zero attached hydrogens (tertiary/aromatic N) is 1. The Labute approximate surface area is 195 Å². The van der Waals surface area contributed by atoms with Crippen LogP contribution in [0.1, 0.15) is 47.7 Å². The molecule has 0 unspecified atom stereocenters. The minimum absolute atomic E-state index is 0. The molecule has 7 heteroatoms. The summed E-state index contributed by atoms with van der Waals surface area (Å²) in [5.41, 5.74) is 2.68. The van der Waals surface area contributed by atoms with Crippen molar-refractivity contribution in [3.8, 4) is 0 Å². The average Bonchev–Trinajstić information content (AvgIpc) is 3.53. The number of carbonyl (C=O) groups excluding carboxylic acids is 1. The number of hydrogen-bond donors (Lipinski definition) is 3. The van der Waals surface area contributed by atoms with Gasteiger partial charge in [0.1, 0.15) is 5.82 Å². The summed E-state index contributed by atoms with van der Waals surface area (Å²) >= 11 is 0. The molecule has 1 amide bonds. The maximum atomic E-state index is 13.6. The molecule has 0 aliphatic heterocycles. The van der Waals surface area contributed by atoms with Crippen molar-refractivity contribution in [2.24, 2.45) is 4.99 Å². The quantitative estimate of drug-likeness (QED) is 0.278. The van der Waals surface area contributed by atoms with E-state index in [1.165, 1.54) is 6.07 Å². The van der Waals surface area contributed by atoms with Crippen LogP contribution in [-0.2, 0) is 12.0 Å². The van der Waals surface area contributed by atoms with Crippen molar-refractivity contribution in [1.82, 2.24) is 16.0 Å². The fourth-order valence-corrected chi connectivity index (χ4v) is 3.36. The Morgan fingerprint density at radius 3 is 2.53 bits per heavy atom. The Hall–Kier alpha value is -2.16. The molecule has 1 aliphatic carbocycles. The predicted molar refractivity (Wildman–Crippen MR) is 130 cm³/mol. The largest absolute Gasteiger partial charge is 0.356 e. The molecule has 1 fully saturated rings. The lowest BCUT2D eigenvalue weighted by atomic mass is 9.96. The number of carbonyl (C=O) groups is 1. The average molecular weight is 524 g/mol. The Bertz CT molecular complexity index is 883. The fraction of sp³-hybridized carbons (Fsp3) is 0.391. The van der Waals surface area contributed by atoms with Gasteiger partial charge in [-0.2, -0.15) is 0 Å². The van der Waals surface area contributed by atoms with Gasteiger partial charge in [0.15, 0.2) is 5.96 Å². The summed E-state index contributed by atoms with van der Waals surface area (Å²) in [6.07, 6.45) is 2.98. The zero-order chi connectivity index (χ0) is 20.7. The lowest BCUT2D eigenvalue weighted by molar-refractivity contribution is 0.0953. The molecule has 30 heavy (non-hydrogen) atoms. The molecule has 0 aromatic heterocycles. The first-order valence-electron chi connectivity index (χ1n) is 10.1. The number of nitrogens with one attached hydrogen (secondary N) is 3. The van der Waals surface area contributed by atoms with Gasteiger partial charge in [0.25, 0.3) is 5.91 Å². The molecule has 1 saturated carbocycles. The Morgan fingerprint density at radius 1 is 1.10 bits per heavy atom. The summed E-state index contributed by atoms with van der Waals surface area (Å²) in [7, 11) is 1.73. The topological polar surface area (TPSA) is 65.5 Å². The number of benzene rings is 2. The van der Waals surface area contributed by atoms with Crippen molar-refractivity contribution in [3.05, 3.63) is 71.0 Å². The van der Waals surface area contributed by atoms with E-state index in [1.54, 1.807) is 19.2 Å². The van der Waals surface area contributed by atoms with Crippen LogP contribution in [0.3, 0.4) is 0 Å². The summed E-state index contributed by atoms with van der Waals surface area (Å²) in [4.78, 5) is 16.4. The third kappa shape index (κ3) is 6.42. The molecule has 1 aliphatic rings. The molecule has 3 rings (SSSR count). The number of amides is 1. The lowest BCUT2D eigenvalue weighted by Gasteiger charge is -2.19. The van der Waals surface area contributed by atoms with Crippen LogP contribution in [0, 0.1) is 5.82 Å². The Balaban J connectivity index is 0.00000320. The van der Waals surface area contributed by atoms with Crippen molar-refractivity contribution in [2.45, 2.75) is 38.1 Å². The normalized spacial score (nSPS) is 14.4.